The third kappa shape index (κ3) is 6.32. The van der Waals surface area contributed by atoms with E-state index in [1.807, 2.05) is 17.0 Å². The van der Waals surface area contributed by atoms with Gasteiger partial charge in [-0.3, -0.25) is 14.5 Å². The molecule has 0 aromatic heterocycles. The van der Waals surface area contributed by atoms with Crippen molar-refractivity contribution < 1.29 is 28.2 Å². The number of morpholine rings is 1. The van der Waals surface area contributed by atoms with E-state index < -0.39 is 18.0 Å². The average Bonchev–Trinajstić information content (AvgIpc) is 3.26. The van der Waals surface area contributed by atoms with Crippen molar-refractivity contribution >= 4 is 41.8 Å². The molecule has 1 N–H and O–H groups in total. The van der Waals surface area contributed by atoms with Gasteiger partial charge in [-0.05, 0) is 23.8 Å². The van der Waals surface area contributed by atoms with Crippen LogP contribution in [0.15, 0.2) is 42.5 Å². The van der Waals surface area contributed by atoms with E-state index in [2.05, 4.69) is 17.9 Å². The van der Waals surface area contributed by atoms with Crippen molar-refractivity contribution in [1.29, 1.82) is 0 Å². The van der Waals surface area contributed by atoms with Gasteiger partial charge in [0, 0.05) is 37.2 Å². The topological polar surface area (TPSA) is 88.2 Å². The van der Waals surface area contributed by atoms with Crippen LogP contribution in [0.5, 0.6) is 0 Å². The number of nitrogens with one attached hydrogen (secondary N) is 1. The predicted molar refractivity (Wildman–Crippen MR) is 133 cm³/mol. The Morgan fingerprint density at radius 2 is 1.83 bits per heavy atom. The smallest absolute Gasteiger partial charge is 0.414 e. The number of anilines is 2. The van der Waals surface area contributed by atoms with E-state index in [0.29, 0.717) is 49.0 Å². The van der Waals surface area contributed by atoms with Crippen LogP contribution in [0.3, 0.4) is 0 Å². The van der Waals surface area contributed by atoms with Crippen molar-refractivity contribution in [2.24, 2.45) is 0 Å². The van der Waals surface area contributed by atoms with Crippen LogP contribution in [0.4, 0.5) is 20.6 Å². The number of ketones is 1. The predicted octanol–water partition coefficient (Wildman–Crippen LogP) is 3.20. The SMILES string of the molecule is O=C(CCC(=O)c1ccc(CS)cc1)NC[C@H]1CN(c2ccc(N3CCOCC3)c(F)c2)C(=O)O1. The highest BCUT2D eigenvalue weighted by Crippen LogP contribution is 2.28. The zero-order chi connectivity index (χ0) is 24.8. The van der Waals surface area contributed by atoms with Crippen molar-refractivity contribution in [1.82, 2.24) is 5.32 Å². The van der Waals surface area contributed by atoms with Gasteiger partial charge >= 0.3 is 6.09 Å². The molecule has 4 rings (SSSR count). The molecule has 0 saturated carbocycles. The molecule has 0 unspecified atom stereocenters. The van der Waals surface area contributed by atoms with Gasteiger partial charge in [-0.1, -0.05) is 24.3 Å². The van der Waals surface area contributed by atoms with Gasteiger partial charge in [-0.25, -0.2) is 9.18 Å². The van der Waals surface area contributed by atoms with E-state index in [4.69, 9.17) is 9.47 Å². The fraction of sp³-hybridized carbons (Fsp3) is 0.400. The third-order valence-corrected chi connectivity index (χ3v) is 6.40. The number of hydrogen-bond acceptors (Lipinski definition) is 7. The molecule has 2 heterocycles. The summed E-state index contributed by atoms with van der Waals surface area (Å²) in [5.74, 6) is -0.249. The van der Waals surface area contributed by atoms with Gasteiger partial charge in [0.25, 0.3) is 0 Å². The molecule has 2 aliphatic heterocycles. The molecule has 0 spiro atoms. The highest BCUT2D eigenvalue weighted by Gasteiger charge is 2.33. The number of rotatable bonds is 9. The third-order valence-electron chi connectivity index (χ3n) is 6.03. The van der Waals surface area contributed by atoms with Crippen molar-refractivity contribution in [3.63, 3.8) is 0 Å². The molecule has 2 fully saturated rings. The van der Waals surface area contributed by atoms with E-state index in [0.717, 1.165) is 5.56 Å². The monoisotopic (exact) mass is 501 g/mol. The molecule has 2 aromatic carbocycles. The summed E-state index contributed by atoms with van der Waals surface area (Å²) in [5, 5.41) is 2.71. The second-order valence-electron chi connectivity index (χ2n) is 8.43. The van der Waals surface area contributed by atoms with E-state index in [1.165, 1.54) is 11.0 Å². The number of amides is 2. The van der Waals surface area contributed by atoms with Gasteiger partial charge in [-0.2, -0.15) is 12.6 Å². The second kappa shape index (κ2) is 11.5. The number of thiol groups is 1. The number of Topliss-reactive ketones (excluding diaryl/α,β-unsaturated/α-hetero) is 1. The number of carbonyl (C=O) groups is 3. The molecule has 0 bridgehead atoms. The molecule has 10 heteroatoms. The lowest BCUT2D eigenvalue weighted by Gasteiger charge is -2.29. The maximum Gasteiger partial charge on any atom is 0.414 e. The van der Waals surface area contributed by atoms with Crippen LogP contribution < -0.4 is 15.1 Å². The molecule has 0 radical (unpaired) electrons. The van der Waals surface area contributed by atoms with Crippen LogP contribution in [0.1, 0.15) is 28.8 Å². The standard InChI is InChI=1S/C25H28FN3O5S/c26-21-13-19(5-6-22(21)28-9-11-33-12-10-28)29-15-20(34-25(29)32)14-27-24(31)8-7-23(30)18-3-1-17(16-35)2-4-18/h1-6,13,20,35H,7-12,14-16H2,(H,27,31)/t20-/m0/s1. The van der Waals surface area contributed by atoms with Gasteiger partial charge < -0.3 is 19.7 Å². The van der Waals surface area contributed by atoms with Crippen LogP contribution in [0.2, 0.25) is 0 Å². The lowest BCUT2D eigenvalue weighted by molar-refractivity contribution is -0.121. The van der Waals surface area contributed by atoms with Gasteiger partial charge in [0.15, 0.2) is 5.78 Å². The van der Waals surface area contributed by atoms with Crippen molar-refractivity contribution in [3.05, 3.63) is 59.4 Å². The lowest BCUT2D eigenvalue weighted by atomic mass is 10.0. The molecule has 35 heavy (non-hydrogen) atoms. The number of nitrogens with zero attached hydrogens (tertiary/aromatic N) is 2. The zero-order valence-electron chi connectivity index (χ0n) is 19.2. The van der Waals surface area contributed by atoms with Gasteiger partial charge in [0.05, 0.1) is 37.7 Å². The number of benzene rings is 2. The van der Waals surface area contributed by atoms with E-state index >= 15 is 0 Å². The van der Waals surface area contributed by atoms with E-state index in [9.17, 15) is 18.8 Å². The van der Waals surface area contributed by atoms with E-state index in [1.54, 1.807) is 24.3 Å². The first-order chi connectivity index (χ1) is 16.9. The summed E-state index contributed by atoms with van der Waals surface area (Å²) >= 11 is 4.19. The summed E-state index contributed by atoms with van der Waals surface area (Å²) < 4.78 is 25.4. The van der Waals surface area contributed by atoms with Crippen molar-refractivity contribution in [2.45, 2.75) is 24.7 Å². The van der Waals surface area contributed by atoms with Gasteiger partial charge in [0.1, 0.15) is 11.9 Å². The Balaban J connectivity index is 1.24. The van der Waals surface area contributed by atoms with Crippen molar-refractivity contribution in [3.8, 4) is 0 Å². The average molecular weight is 502 g/mol. The summed E-state index contributed by atoms with van der Waals surface area (Å²) in [5.41, 5.74) is 2.43. The minimum absolute atomic E-state index is 0.0335. The maximum absolute atomic E-state index is 14.7. The van der Waals surface area contributed by atoms with Gasteiger partial charge in [-0.15, -0.1) is 0 Å². The largest absolute Gasteiger partial charge is 0.442 e. The molecular weight excluding hydrogens is 473 g/mol. The minimum Gasteiger partial charge on any atom is -0.442 e. The number of hydrogen-bond donors (Lipinski definition) is 2. The second-order valence-corrected chi connectivity index (χ2v) is 8.75. The molecule has 186 valence electrons. The summed E-state index contributed by atoms with van der Waals surface area (Å²) in [6, 6.07) is 11.8. The van der Waals surface area contributed by atoms with Crippen LogP contribution in [0, 0.1) is 5.82 Å². The first kappa shape index (κ1) is 25.0. The first-order valence-corrected chi connectivity index (χ1v) is 12.2. The van der Waals surface area contributed by atoms with Crippen LogP contribution >= 0.6 is 12.6 Å². The molecule has 2 aromatic rings. The Morgan fingerprint density at radius 1 is 1.09 bits per heavy atom. The maximum atomic E-state index is 14.7. The summed E-state index contributed by atoms with van der Waals surface area (Å²) in [6.45, 7) is 2.61. The fourth-order valence-electron chi connectivity index (χ4n) is 4.05. The number of ether oxygens (including phenoxy) is 2. The zero-order valence-corrected chi connectivity index (χ0v) is 20.1. The molecule has 2 amide bonds. The summed E-state index contributed by atoms with van der Waals surface area (Å²) in [4.78, 5) is 40.1. The first-order valence-electron chi connectivity index (χ1n) is 11.5. The van der Waals surface area contributed by atoms with Crippen LogP contribution in [-0.4, -0.2) is 63.3 Å². The fourth-order valence-corrected chi connectivity index (χ4v) is 4.26. The Labute approximate surface area is 208 Å². The van der Waals surface area contributed by atoms with Crippen molar-refractivity contribution in [2.75, 3.05) is 49.2 Å². The number of halogens is 1. The highest BCUT2D eigenvalue weighted by molar-refractivity contribution is 7.79. The molecule has 1 atom stereocenters. The quantitative estimate of drug-likeness (QED) is 0.405. The van der Waals surface area contributed by atoms with Crippen LogP contribution in [0.25, 0.3) is 0 Å². The normalized spacial score (nSPS) is 17.9. The lowest BCUT2D eigenvalue weighted by Crippen LogP contribution is -2.37. The Hall–Kier alpha value is -3.11. The van der Waals surface area contributed by atoms with E-state index in [-0.39, 0.29) is 37.6 Å². The molecule has 2 saturated heterocycles. The Bertz CT molecular complexity index is 1080. The number of carbonyl (C=O) groups excluding carboxylic acids is 3. The van der Waals surface area contributed by atoms with Crippen LogP contribution in [-0.2, 0) is 20.0 Å². The molecule has 2 aliphatic rings. The molecule has 0 aliphatic carbocycles. The van der Waals surface area contributed by atoms with Gasteiger partial charge in [0.2, 0.25) is 5.91 Å². The molecular formula is C25H28FN3O5S. The minimum atomic E-state index is -0.595. The summed E-state index contributed by atoms with van der Waals surface area (Å²) in [7, 11) is 0. The highest BCUT2D eigenvalue weighted by atomic mass is 32.1. The number of cyclic esters (lactones) is 1. The Kier molecular flexibility index (Phi) is 8.25. The summed E-state index contributed by atoms with van der Waals surface area (Å²) in [6.07, 6.45) is -1.05. The Morgan fingerprint density at radius 3 is 2.51 bits per heavy atom. The molecule has 8 nitrogen and oxygen atoms in total.